The Morgan fingerprint density at radius 1 is 1.40 bits per heavy atom. The van der Waals surface area contributed by atoms with E-state index in [0.717, 1.165) is 6.42 Å². The average molecular weight is 207 g/mol. The van der Waals surface area contributed by atoms with Crippen LogP contribution in [-0.4, -0.2) is 23.9 Å². The lowest BCUT2D eigenvalue weighted by atomic mass is 10.1. The van der Waals surface area contributed by atoms with Crippen molar-refractivity contribution in [1.29, 1.82) is 0 Å². The molecule has 0 bridgehead atoms. The molecular weight excluding hydrogens is 186 g/mol. The van der Waals surface area contributed by atoms with E-state index in [1.165, 1.54) is 5.57 Å². The molecule has 1 atom stereocenters. The standard InChI is InChI=1S/C13H21NO/c1-6-7-8-9-11(2)10-12(3)14(5)13(4)15/h6-9,12H,1,10H2,2-5H3/b8-7-,11-9+/t12-/m1/s1. The van der Waals surface area contributed by atoms with Crippen LogP contribution in [0.15, 0.2) is 36.5 Å². The molecule has 0 fully saturated rings. The first-order valence-electron chi connectivity index (χ1n) is 5.17. The quantitative estimate of drug-likeness (QED) is 0.635. The van der Waals surface area contributed by atoms with Gasteiger partial charge in [0.1, 0.15) is 0 Å². The molecule has 0 aliphatic rings. The first-order valence-corrected chi connectivity index (χ1v) is 5.17. The molecule has 0 saturated carbocycles. The molecule has 0 heterocycles. The van der Waals surface area contributed by atoms with Crippen molar-refractivity contribution in [3.8, 4) is 0 Å². The maximum atomic E-state index is 11.1. The fourth-order valence-electron chi connectivity index (χ4n) is 1.28. The molecule has 0 radical (unpaired) electrons. The fraction of sp³-hybridized carbons (Fsp3) is 0.462. The van der Waals surface area contributed by atoms with Gasteiger partial charge in [-0.3, -0.25) is 4.79 Å². The van der Waals surface area contributed by atoms with Gasteiger partial charge in [-0.25, -0.2) is 0 Å². The molecule has 2 heteroatoms. The van der Waals surface area contributed by atoms with Crippen LogP contribution in [-0.2, 0) is 4.79 Å². The van der Waals surface area contributed by atoms with Gasteiger partial charge in [0.15, 0.2) is 0 Å². The van der Waals surface area contributed by atoms with Gasteiger partial charge in [-0.15, -0.1) is 0 Å². The van der Waals surface area contributed by atoms with E-state index in [0.29, 0.717) is 0 Å². The van der Waals surface area contributed by atoms with Crippen LogP contribution in [0.5, 0.6) is 0 Å². The summed E-state index contributed by atoms with van der Waals surface area (Å²) in [5.41, 5.74) is 1.26. The van der Waals surface area contributed by atoms with E-state index in [1.807, 2.05) is 25.3 Å². The highest BCUT2D eigenvalue weighted by Crippen LogP contribution is 2.09. The van der Waals surface area contributed by atoms with Crippen molar-refractivity contribution < 1.29 is 4.79 Å². The van der Waals surface area contributed by atoms with Gasteiger partial charge in [-0.05, 0) is 20.3 Å². The summed E-state index contributed by atoms with van der Waals surface area (Å²) in [6.07, 6.45) is 8.55. The van der Waals surface area contributed by atoms with Crippen molar-refractivity contribution in [1.82, 2.24) is 4.90 Å². The number of hydrogen-bond acceptors (Lipinski definition) is 1. The van der Waals surface area contributed by atoms with Crippen molar-refractivity contribution in [3.05, 3.63) is 36.5 Å². The molecule has 0 aromatic heterocycles. The predicted molar refractivity (Wildman–Crippen MR) is 65.6 cm³/mol. The number of carbonyl (C=O) groups is 1. The van der Waals surface area contributed by atoms with Crippen LogP contribution in [0.2, 0.25) is 0 Å². The Bertz CT molecular complexity index is 276. The van der Waals surface area contributed by atoms with E-state index >= 15 is 0 Å². The molecular formula is C13H21NO. The summed E-state index contributed by atoms with van der Waals surface area (Å²) in [6, 6.07) is 0.246. The maximum Gasteiger partial charge on any atom is 0.219 e. The Hall–Kier alpha value is -1.31. The second-order valence-electron chi connectivity index (χ2n) is 3.82. The lowest BCUT2D eigenvalue weighted by molar-refractivity contribution is -0.129. The highest BCUT2D eigenvalue weighted by atomic mass is 16.2. The summed E-state index contributed by atoms with van der Waals surface area (Å²) in [6.45, 7) is 9.31. The molecule has 0 saturated heterocycles. The zero-order valence-corrected chi connectivity index (χ0v) is 10.2. The summed E-state index contributed by atoms with van der Waals surface area (Å²) in [5.74, 6) is 0.108. The number of rotatable bonds is 5. The largest absolute Gasteiger partial charge is 0.343 e. The zero-order valence-electron chi connectivity index (χ0n) is 10.2. The van der Waals surface area contributed by atoms with Gasteiger partial charge in [0, 0.05) is 20.0 Å². The molecule has 0 aromatic carbocycles. The van der Waals surface area contributed by atoms with Gasteiger partial charge in [-0.2, -0.15) is 0 Å². The van der Waals surface area contributed by atoms with Gasteiger partial charge >= 0.3 is 0 Å². The molecule has 1 amide bonds. The van der Waals surface area contributed by atoms with Crippen LogP contribution < -0.4 is 0 Å². The summed E-state index contributed by atoms with van der Waals surface area (Å²) in [7, 11) is 1.83. The van der Waals surface area contributed by atoms with E-state index < -0.39 is 0 Å². The van der Waals surface area contributed by atoms with Gasteiger partial charge in [-0.1, -0.05) is 36.5 Å². The van der Waals surface area contributed by atoms with E-state index in [2.05, 4.69) is 20.4 Å². The number of allylic oxidation sites excluding steroid dienone is 4. The van der Waals surface area contributed by atoms with Gasteiger partial charge in [0.25, 0.3) is 0 Å². The highest BCUT2D eigenvalue weighted by Gasteiger charge is 2.11. The molecule has 15 heavy (non-hydrogen) atoms. The molecule has 0 rings (SSSR count). The minimum absolute atomic E-state index is 0.108. The third kappa shape index (κ3) is 5.89. The Morgan fingerprint density at radius 3 is 2.47 bits per heavy atom. The number of hydrogen-bond donors (Lipinski definition) is 0. The van der Waals surface area contributed by atoms with Crippen LogP contribution in [0.3, 0.4) is 0 Å². The van der Waals surface area contributed by atoms with Crippen LogP contribution >= 0.6 is 0 Å². The molecule has 0 aliphatic carbocycles. The molecule has 0 aliphatic heterocycles. The molecule has 0 aromatic rings. The summed E-state index contributed by atoms with van der Waals surface area (Å²) in [5, 5.41) is 0. The second-order valence-corrected chi connectivity index (χ2v) is 3.82. The summed E-state index contributed by atoms with van der Waals surface area (Å²) < 4.78 is 0. The highest BCUT2D eigenvalue weighted by molar-refractivity contribution is 5.73. The summed E-state index contributed by atoms with van der Waals surface area (Å²) in [4.78, 5) is 12.9. The monoisotopic (exact) mass is 207 g/mol. The maximum absolute atomic E-state index is 11.1. The van der Waals surface area contributed by atoms with Gasteiger partial charge in [0.2, 0.25) is 5.91 Å². The minimum Gasteiger partial charge on any atom is -0.343 e. The van der Waals surface area contributed by atoms with Gasteiger partial charge < -0.3 is 4.90 Å². The molecule has 0 spiro atoms. The SMILES string of the molecule is C=C/C=C\C=C(/C)C[C@@H](C)N(C)C(C)=O. The van der Waals surface area contributed by atoms with Crippen LogP contribution in [0.4, 0.5) is 0 Å². The lowest BCUT2D eigenvalue weighted by Gasteiger charge is -2.23. The third-order valence-electron chi connectivity index (χ3n) is 2.40. The van der Waals surface area contributed by atoms with Crippen LogP contribution in [0.25, 0.3) is 0 Å². The Labute approximate surface area is 93.0 Å². The molecule has 84 valence electrons. The van der Waals surface area contributed by atoms with E-state index in [9.17, 15) is 4.79 Å². The van der Waals surface area contributed by atoms with Crippen molar-refractivity contribution >= 4 is 5.91 Å². The van der Waals surface area contributed by atoms with E-state index in [1.54, 1.807) is 17.9 Å². The van der Waals surface area contributed by atoms with Crippen LogP contribution in [0, 0.1) is 0 Å². The predicted octanol–water partition coefficient (Wildman–Crippen LogP) is 2.93. The van der Waals surface area contributed by atoms with E-state index in [-0.39, 0.29) is 11.9 Å². The van der Waals surface area contributed by atoms with Crippen molar-refractivity contribution in [2.75, 3.05) is 7.05 Å². The topological polar surface area (TPSA) is 20.3 Å². The Kier molecular flexibility index (Phi) is 6.43. The number of carbonyl (C=O) groups excluding carboxylic acids is 1. The van der Waals surface area contributed by atoms with E-state index in [4.69, 9.17) is 0 Å². The Balaban J connectivity index is 4.22. The second kappa shape index (κ2) is 7.04. The first kappa shape index (κ1) is 13.7. The number of amides is 1. The molecule has 0 N–H and O–H groups in total. The Morgan fingerprint density at radius 2 is 2.00 bits per heavy atom. The lowest BCUT2D eigenvalue weighted by Crippen LogP contribution is -2.33. The zero-order chi connectivity index (χ0) is 11.8. The van der Waals surface area contributed by atoms with Gasteiger partial charge in [0.05, 0.1) is 0 Å². The number of nitrogens with zero attached hydrogens (tertiary/aromatic N) is 1. The van der Waals surface area contributed by atoms with Crippen molar-refractivity contribution in [2.24, 2.45) is 0 Å². The third-order valence-corrected chi connectivity index (χ3v) is 2.40. The minimum atomic E-state index is 0.108. The normalized spacial score (nSPS) is 14.0. The fourth-order valence-corrected chi connectivity index (χ4v) is 1.28. The molecule has 0 unspecified atom stereocenters. The summed E-state index contributed by atoms with van der Waals surface area (Å²) >= 11 is 0. The van der Waals surface area contributed by atoms with Crippen molar-refractivity contribution in [2.45, 2.75) is 33.2 Å². The smallest absolute Gasteiger partial charge is 0.219 e. The first-order chi connectivity index (χ1) is 6.99. The van der Waals surface area contributed by atoms with Crippen LogP contribution in [0.1, 0.15) is 27.2 Å². The average Bonchev–Trinajstić information content (AvgIpc) is 2.16. The van der Waals surface area contributed by atoms with Crippen molar-refractivity contribution in [3.63, 3.8) is 0 Å². The molecule has 2 nitrogen and oxygen atoms in total.